The Morgan fingerprint density at radius 3 is 2.33 bits per heavy atom. The lowest BCUT2D eigenvalue weighted by molar-refractivity contribution is -0.133. The van der Waals surface area contributed by atoms with Gasteiger partial charge >= 0.3 is 6.18 Å². The lowest BCUT2D eigenvalue weighted by Gasteiger charge is -2.11. The van der Waals surface area contributed by atoms with E-state index in [0.29, 0.717) is 6.54 Å². The summed E-state index contributed by atoms with van der Waals surface area (Å²) in [5.41, 5.74) is 5.45. The Labute approximate surface area is 69.3 Å². The van der Waals surface area contributed by atoms with E-state index in [4.69, 9.17) is 5.73 Å². The van der Waals surface area contributed by atoms with Crippen LogP contribution in [-0.4, -0.2) is 24.8 Å². The Morgan fingerprint density at radius 1 is 1.33 bits per heavy atom. The molecule has 2 nitrogen and oxygen atoms in total. The van der Waals surface area contributed by atoms with Crippen molar-refractivity contribution in [1.29, 1.82) is 0 Å². The zero-order valence-corrected chi connectivity index (χ0v) is 6.75. The maximum atomic E-state index is 11.6. The van der Waals surface area contributed by atoms with Crippen LogP contribution in [0.5, 0.6) is 0 Å². The minimum Gasteiger partial charge on any atom is -0.324 e. The zero-order chi connectivity index (χ0) is 9.24. The third-order valence-electron chi connectivity index (χ3n) is 1.95. The molecule has 0 bridgehead atoms. The minimum atomic E-state index is -4.06. The normalized spacial score (nSPS) is 21.0. The third-order valence-corrected chi connectivity index (χ3v) is 1.95. The standard InChI is InChI=1S/C7H13F3N2/c8-7(9,10)3-4-12-5-6(11)1-2-6/h12H,1-5,11H2. The molecule has 5 heteroatoms. The highest BCUT2D eigenvalue weighted by molar-refractivity contribution is 5.00. The van der Waals surface area contributed by atoms with Crippen LogP contribution in [0.2, 0.25) is 0 Å². The molecule has 1 saturated carbocycles. The smallest absolute Gasteiger partial charge is 0.324 e. The summed E-state index contributed by atoms with van der Waals surface area (Å²) in [6.07, 6.45) is -2.99. The number of hydrogen-bond acceptors (Lipinski definition) is 2. The number of rotatable bonds is 4. The van der Waals surface area contributed by atoms with E-state index < -0.39 is 12.6 Å². The van der Waals surface area contributed by atoms with E-state index in [1.807, 2.05) is 0 Å². The van der Waals surface area contributed by atoms with Crippen LogP contribution in [0.15, 0.2) is 0 Å². The molecule has 0 amide bonds. The van der Waals surface area contributed by atoms with Crippen molar-refractivity contribution >= 4 is 0 Å². The van der Waals surface area contributed by atoms with Crippen molar-refractivity contribution in [2.75, 3.05) is 13.1 Å². The Balaban J connectivity index is 1.96. The highest BCUT2D eigenvalue weighted by atomic mass is 19.4. The first-order valence-electron chi connectivity index (χ1n) is 3.98. The molecule has 1 fully saturated rings. The van der Waals surface area contributed by atoms with Gasteiger partial charge in [0.2, 0.25) is 0 Å². The second kappa shape index (κ2) is 3.22. The maximum Gasteiger partial charge on any atom is 0.390 e. The SMILES string of the molecule is NC1(CNCCC(F)(F)F)CC1. The van der Waals surface area contributed by atoms with Crippen molar-refractivity contribution in [2.24, 2.45) is 5.73 Å². The molecular formula is C7H13F3N2. The Morgan fingerprint density at radius 2 is 1.92 bits per heavy atom. The Bertz CT molecular complexity index is 144. The van der Waals surface area contributed by atoms with Crippen molar-refractivity contribution < 1.29 is 13.2 Å². The molecule has 1 aliphatic rings. The van der Waals surface area contributed by atoms with Gasteiger partial charge in [0.1, 0.15) is 0 Å². The average molecular weight is 182 g/mol. The molecule has 12 heavy (non-hydrogen) atoms. The summed E-state index contributed by atoms with van der Waals surface area (Å²) in [6.45, 7) is 0.478. The molecular weight excluding hydrogens is 169 g/mol. The summed E-state index contributed by atoms with van der Waals surface area (Å²) in [4.78, 5) is 0. The van der Waals surface area contributed by atoms with Crippen LogP contribution in [-0.2, 0) is 0 Å². The fourth-order valence-corrected chi connectivity index (χ4v) is 0.905. The summed E-state index contributed by atoms with van der Waals surface area (Å²) in [5.74, 6) is 0. The molecule has 0 unspecified atom stereocenters. The van der Waals surface area contributed by atoms with E-state index in [9.17, 15) is 13.2 Å². The number of nitrogens with two attached hydrogens (primary N) is 1. The van der Waals surface area contributed by atoms with Gasteiger partial charge in [0.05, 0.1) is 6.42 Å². The minimum absolute atomic E-state index is 0.0253. The van der Waals surface area contributed by atoms with Gasteiger partial charge in [-0.15, -0.1) is 0 Å². The highest BCUT2D eigenvalue weighted by Crippen LogP contribution is 2.31. The third kappa shape index (κ3) is 3.92. The first-order valence-corrected chi connectivity index (χ1v) is 3.98. The molecule has 0 saturated heterocycles. The molecule has 1 aliphatic carbocycles. The molecule has 0 radical (unpaired) electrons. The largest absolute Gasteiger partial charge is 0.390 e. The summed E-state index contributed by atoms with van der Waals surface area (Å²) in [5, 5.41) is 2.70. The van der Waals surface area contributed by atoms with Crippen LogP contribution in [0, 0.1) is 0 Å². The number of nitrogens with one attached hydrogen (secondary N) is 1. The molecule has 0 aliphatic heterocycles. The van der Waals surface area contributed by atoms with Crippen molar-refractivity contribution in [3.8, 4) is 0 Å². The molecule has 1 rings (SSSR count). The lowest BCUT2D eigenvalue weighted by atomic mass is 10.3. The summed E-state index contributed by atoms with van der Waals surface area (Å²) < 4.78 is 34.9. The average Bonchev–Trinajstić information content (AvgIpc) is 2.60. The van der Waals surface area contributed by atoms with Crippen LogP contribution in [0.1, 0.15) is 19.3 Å². The lowest BCUT2D eigenvalue weighted by Crippen LogP contribution is -2.37. The second-order valence-electron chi connectivity index (χ2n) is 3.40. The van der Waals surface area contributed by atoms with Crippen LogP contribution in [0.3, 0.4) is 0 Å². The van der Waals surface area contributed by atoms with Gasteiger partial charge in [-0.25, -0.2) is 0 Å². The van der Waals surface area contributed by atoms with E-state index >= 15 is 0 Å². The Hall–Kier alpha value is -0.290. The topological polar surface area (TPSA) is 38.0 Å². The maximum absolute atomic E-state index is 11.6. The number of alkyl halides is 3. The first-order chi connectivity index (χ1) is 5.41. The first kappa shape index (κ1) is 9.80. The molecule has 0 atom stereocenters. The molecule has 0 aromatic heterocycles. The molecule has 0 aromatic carbocycles. The predicted octanol–water partition coefficient (Wildman–Crippen LogP) is 1.02. The zero-order valence-electron chi connectivity index (χ0n) is 6.75. The fourth-order valence-electron chi connectivity index (χ4n) is 0.905. The highest BCUT2D eigenvalue weighted by Gasteiger charge is 2.37. The number of halogens is 3. The summed E-state index contributed by atoms with van der Waals surface area (Å²) in [7, 11) is 0. The Kier molecular flexibility index (Phi) is 2.63. The van der Waals surface area contributed by atoms with Gasteiger partial charge in [-0.1, -0.05) is 0 Å². The van der Waals surface area contributed by atoms with Crippen LogP contribution >= 0.6 is 0 Å². The predicted molar refractivity (Wildman–Crippen MR) is 39.7 cm³/mol. The van der Waals surface area contributed by atoms with Crippen LogP contribution < -0.4 is 11.1 Å². The second-order valence-corrected chi connectivity index (χ2v) is 3.40. The molecule has 0 heterocycles. The molecule has 3 N–H and O–H groups in total. The molecule has 0 spiro atoms. The van der Waals surface area contributed by atoms with Gasteiger partial charge in [-0.2, -0.15) is 13.2 Å². The van der Waals surface area contributed by atoms with Gasteiger partial charge in [-0.05, 0) is 12.8 Å². The van der Waals surface area contributed by atoms with E-state index in [0.717, 1.165) is 12.8 Å². The molecule has 72 valence electrons. The van der Waals surface area contributed by atoms with E-state index in [1.54, 1.807) is 0 Å². The van der Waals surface area contributed by atoms with Gasteiger partial charge in [0, 0.05) is 18.6 Å². The van der Waals surface area contributed by atoms with E-state index in [-0.39, 0.29) is 12.1 Å². The van der Waals surface area contributed by atoms with Crippen LogP contribution in [0.4, 0.5) is 13.2 Å². The van der Waals surface area contributed by atoms with Crippen molar-refractivity contribution in [3.63, 3.8) is 0 Å². The van der Waals surface area contributed by atoms with Gasteiger partial charge in [-0.3, -0.25) is 0 Å². The van der Waals surface area contributed by atoms with E-state index in [1.165, 1.54) is 0 Å². The number of hydrogen-bond donors (Lipinski definition) is 2. The summed E-state index contributed by atoms with van der Waals surface area (Å²) in [6, 6.07) is 0. The van der Waals surface area contributed by atoms with E-state index in [2.05, 4.69) is 5.32 Å². The quantitative estimate of drug-likeness (QED) is 0.637. The van der Waals surface area contributed by atoms with Gasteiger partial charge < -0.3 is 11.1 Å². The van der Waals surface area contributed by atoms with Crippen molar-refractivity contribution in [3.05, 3.63) is 0 Å². The summed E-state index contributed by atoms with van der Waals surface area (Å²) >= 11 is 0. The molecule has 0 aromatic rings. The fraction of sp³-hybridized carbons (Fsp3) is 1.00. The van der Waals surface area contributed by atoms with Gasteiger partial charge in [0.15, 0.2) is 0 Å². The van der Waals surface area contributed by atoms with Crippen LogP contribution in [0.25, 0.3) is 0 Å². The van der Waals surface area contributed by atoms with Crippen molar-refractivity contribution in [2.45, 2.75) is 31.0 Å². The van der Waals surface area contributed by atoms with Crippen molar-refractivity contribution in [1.82, 2.24) is 5.32 Å². The monoisotopic (exact) mass is 182 g/mol. The van der Waals surface area contributed by atoms with Gasteiger partial charge in [0.25, 0.3) is 0 Å².